The van der Waals surface area contributed by atoms with Gasteiger partial charge >= 0.3 is 0 Å². The van der Waals surface area contributed by atoms with E-state index >= 15 is 0 Å². The molecule has 0 radical (unpaired) electrons. The minimum atomic E-state index is -0.565. The molecule has 5 nitrogen and oxygen atoms in total. The van der Waals surface area contributed by atoms with Gasteiger partial charge in [-0.3, -0.25) is 14.5 Å². The summed E-state index contributed by atoms with van der Waals surface area (Å²) in [6.45, 7) is 3.91. The summed E-state index contributed by atoms with van der Waals surface area (Å²) in [5.41, 5.74) is 3.25. The zero-order valence-electron chi connectivity index (χ0n) is 15.6. The van der Waals surface area contributed by atoms with Crippen LogP contribution < -0.4 is 5.32 Å². The van der Waals surface area contributed by atoms with Crippen LogP contribution in [0.15, 0.2) is 41.4 Å². The second kappa shape index (κ2) is 8.32. The second-order valence-electron chi connectivity index (χ2n) is 6.50. The molecule has 3 rings (SSSR count). The van der Waals surface area contributed by atoms with Gasteiger partial charge in [-0.15, -0.1) is 0 Å². The molecule has 8 heteroatoms. The van der Waals surface area contributed by atoms with E-state index in [-0.39, 0.29) is 23.3 Å². The van der Waals surface area contributed by atoms with Gasteiger partial charge < -0.3 is 5.32 Å². The Balaban J connectivity index is 1.70. The van der Waals surface area contributed by atoms with Crippen LogP contribution >= 0.6 is 23.4 Å². The molecule has 0 unspecified atom stereocenters. The van der Waals surface area contributed by atoms with Crippen molar-refractivity contribution >= 4 is 51.7 Å². The second-order valence-corrected chi connectivity index (χ2v) is 8.07. The summed E-state index contributed by atoms with van der Waals surface area (Å²) >= 11 is 6.98. The number of nitrogens with zero attached hydrogens (tertiary/aromatic N) is 2. The van der Waals surface area contributed by atoms with Crippen molar-refractivity contribution in [2.24, 2.45) is 4.99 Å². The van der Waals surface area contributed by atoms with Crippen molar-refractivity contribution in [3.63, 3.8) is 0 Å². The number of hydrogen-bond donors (Lipinski definition) is 1. The number of benzene rings is 2. The first-order chi connectivity index (χ1) is 13.3. The summed E-state index contributed by atoms with van der Waals surface area (Å²) in [5, 5.41) is 2.71. The van der Waals surface area contributed by atoms with E-state index in [1.807, 2.05) is 32.0 Å². The molecule has 1 saturated heterocycles. The maximum atomic E-state index is 13.3. The van der Waals surface area contributed by atoms with Gasteiger partial charge in [-0.2, -0.15) is 0 Å². The average Bonchev–Trinajstić information content (AvgIpc) is 2.90. The molecule has 2 aromatic rings. The summed E-state index contributed by atoms with van der Waals surface area (Å²) < 4.78 is 13.3. The number of carbonyl (C=O) groups is 2. The molecule has 0 aromatic heterocycles. The van der Waals surface area contributed by atoms with E-state index < -0.39 is 11.1 Å². The molecule has 1 atom stereocenters. The lowest BCUT2D eigenvalue weighted by molar-refractivity contribution is -0.127. The maximum Gasteiger partial charge on any atom is 0.242 e. The molecule has 1 aliphatic heterocycles. The highest BCUT2D eigenvalue weighted by atomic mass is 35.5. The van der Waals surface area contributed by atoms with Crippen molar-refractivity contribution < 1.29 is 14.0 Å². The van der Waals surface area contributed by atoms with E-state index in [2.05, 4.69) is 10.3 Å². The summed E-state index contributed by atoms with van der Waals surface area (Å²) in [6, 6.07) is 9.77. The van der Waals surface area contributed by atoms with Crippen LogP contribution in [0, 0.1) is 19.7 Å². The van der Waals surface area contributed by atoms with E-state index in [0.717, 1.165) is 16.8 Å². The first kappa shape index (κ1) is 20.4. The number of aryl methyl sites for hydroxylation is 1. The number of halogens is 2. The van der Waals surface area contributed by atoms with E-state index in [9.17, 15) is 14.0 Å². The number of hydrogen-bond acceptors (Lipinski definition) is 4. The predicted octanol–water partition coefficient (Wildman–Crippen LogP) is 4.69. The summed E-state index contributed by atoms with van der Waals surface area (Å²) in [4.78, 5) is 30.7. The highest BCUT2D eigenvalue weighted by Gasteiger charge is 2.37. The minimum absolute atomic E-state index is 0.0322. The number of rotatable bonds is 4. The topological polar surface area (TPSA) is 61.8 Å². The third kappa shape index (κ3) is 4.36. The largest absolute Gasteiger partial charge is 0.326 e. The van der Waals surface area contributed by atoms with Gasteiger partial charge in [-0.1, -0.05) is 35.5 Å². The Kier molecular flexibility index (Phi) is 6.05. The zero-order chi connectivity index (χ0) is 20.4. The van der Waals surface area contributed by atoms with Crippen LogP contribution in [-0.2, 0) is 9.59 Å². The molecule has 1 fully saturated rings. The van der Waals surface area contributed by atoms with Gasteiger partial charge in [0.15, 0.2) is 5.17 Å². The van der Waals surface area contributed by atoms with Crippen molar-refractivity contribution in [2.45, 2.75) is 25.5 Å². The normalized spacial score (nSPS) is 18.0. The van der Waals surface area contributed by atoms with Crippen LogP contribution in [0.3, 0.4) is 0 Å². The smallest absolute Gasteiger partial charge is 0.242 e. The van der Waals surface area contributed by atoms with Crippen LogP contribution in [0.4, 0.5) is 15.8 Å². The molecule has 2 amide bonds. The quantitative estimate of drug-likeness (QED) is 0.782. The van der Waals surface area contributed by atoms with E-state index in [1.54, 1.807) is 7.05 Å². The Hall–Kier alpha value is -2.38. The third-order valence-corrected chi connectivity index (χ3v) is 6.04. The number of carbonyl (C=O) groups excluding carboxylic acids is 2. The highest BCUT2D eigenvalue weighted by molar-refractivity contribution is 8.15. The van der Waals surface area contributed by atoms with Crippen molar-refractivity contribution in [3.8, 4) is 0 Å². The lowest BCUT2D eigenvalue weighted by atomic mass is 10.1. The van der Waals surface area contributed by atoms with Gasteiger partial charge in [-0.05, 0) is 49.2 Å². The third-order valence-electron chi connectivity index (χ3n) is 4.52. The number of thioether (sulfide) groups is 1. The number of anilines is 1. The van der Waals surface area contributed by atoms with E-state index in [0.29, 0.717) is 10.9 Å². The molecule has 0 spiro atoms. The predicted molar refractivity (Wildman–Crippen MR) is 112 cm³/mol. The molecule has 146 valence electrons. The SMILES string of the molecule is Cc1cccc(NC(=O)C[C@@H]2SC(=Nc3ccc(F)c(Cl)c3)N(C)C2=O)c1C. The van der Waals surface area contributed by atoms with Gasteiger partial charge in [0.1, 0.15) is 11.1 Å². The molecule has 1 heterocycles. The molecule has 1 N–H and O–H groups in total. The van der Waals surface area contributed by atoms with E-state index in [1.165, 1.54) is 34.9 Å². The van der Waals surface area contributed by atoms with Crippen molar-refractivity contribution in [3.05, 3.63) is 58.4 Å². The first-order valence-electron chi connectivity index (χ1n) is 8.60. The Morgan fingerprint density at radius 3 is 2.79 bits per heavy atom. The zero-order valence-corrected chi connectivity index (χ0v) is 17.2. The molecule has 0 bridgehead atoms. The van der Waals surface area contributed by atoms with Crippen LogP contribution in [0.1, 0.15) is 17.5 Å². The van der Waals surface area contributed by atoms with Crippen molar-refractivity contribution in [1.29, 1.82) is 0 Å². The van der Waals surface area contributed by atoms with E-state index in [4.69, 9.17) is 11.6 Å². The van der Waals surface area contributed by atoms with Gasteiger partial charge in [0.25, 0.3) is 0 Å². The Morgan fingerprint density at radius 1 is 1.32 bits per heavy atom. The van der Waals surface area contributed by atoms with Crippen LogP contribution in [0.5, 0.6) is 0 Å². The Morgan fingerprint density at radius 2 is 2.07 bits per heavy atom. The highest BCUT2D eigenvalue weighted by Crippen LogP contribution is 2.32. The molecular formula is C20H19ClFN3O2S. The van der Waals surface area contributed by atoms with Gasteiger partial charge in [0.2, 0.25) is 11.8 Å². The monoisotopic (exact) mass is 419 g/mol. The lowest BCUT2D eigenvalue weighted by Crippen LogP contribution is -2.30. The van der Waals surface area contributed by atoms with Gasteiger partial charge in [0, 0.05) is 19.2 Å². The standard InChI is InChI=1S/C20H19ClFN3O2S/c1-11-5-4-6-16(12(11)2)24-18(26)10-17-19(27)25(3)20(28-17)23-13-7-8-15(22)14(21)9-13/h4-9,17H,10H2,1-3H3,(H,24,26)/t17-/m0/s1. The number of amidine groups is 1. The van der Waals surface area contributed by atoms with Crippen LogP contribution in [0.25, 0.3) is 0 Å². The summed E-state index contributed by atoms with van der Waals surface area (Å²) in [5.74, 6) is -0.970. The Bertz CT molecular complexity index is 980. The molecule has 2 aromatic carbocycles. The number of aliphatic imine (C=N–C) groups is 1. The maximum absolute atomic E-state index is 13.3. The molecular weight excluding hydrogens is 401 g/mol. The number of nitrogens with one attached hydrogen (secondary N) is 1. The molecule has 1 aliphatic rings. The fraction of sp³-hybridized carbons (Fsp3) is 0.250. The number of amides is 2. The molecule has 28 heavy (non-hydrogen) atoms. The Labute approximate surface area is 172 Å². The van der Waals surface area contributed by atoms with Crippen LogP contribution in [0.2, 0.25) is 5.02 Å². The molecule has 0 aliphatic carbocycles. The van der Waals surface area contributed by atoms with Crippen molar-refractivity contribution in [1.82, 2.24) is 4.90 Å². The molecule has 0 saturated carbocycles. The summed E-state index contributed by atoms with van der Waals surface area (Å²) in [7, 11) is 1.60. The lowest BCUT2D eigenvalue weighted by Gasteiger charge is -2.12. The average molecular weight is 420 g/mol. The van der Waals surface area contributed by atoms with Crippen molar-refractivity contribution in [2.75, 3.05) is 12.4 Å². The van der Waals surface area contributed by atoms with Gasteiger partial charge in [0.05, 0.1) is 10.7 Å². The first-order valence-corrected chi connectivity index (χ1v) is 9.86. The summed E-state index contributed by atoms with van der Waals surface area (Å²) in [6.07, 6.45) is 0.0322. The fourth-order valence-electron chi connectivity index (χ4n) is 2.72. The van der Waals surface area contributed by atoms with Crippen LogP contribution in [-0.4, -0.2) is 34.2 Å². The minimum Gasteiger partial charge on any atom is -0.326 e. The fourth-order valence-corrected chi connectivity index (χ4v) is 4.05. The van der Waals surface area contributed by atoms with Gasteiger partial charge in [-0.25, -0.2) is 9.38 Å².